The van der Waals surface area contributed by atoms with E-state index in [0.29, 0.717) is 6.54 Å². The number of halogens is 1. The predicted molar refractivity (Wildman–Crippen MR) is 59.9 cm³/mol. The maximum absolute atomic E-state index is 13.7. The van der Waals surface area contributed by atoms with Crippen LogP contribution in [0.25, 0.3) is 0 Å². The molecule has 2 N–H and O–H groups in total. The lowest BCUT2D eigenvalue weighted by molar-refractivity contribution is 0.00326. The first kappa shape index (κ1) is 12.3. The number of nitrogens with zero attached hydrogens (tertiary/aromatic N) is 3. The zero-order chi connectivity index (χ0) is 13.1. The van der Waals surface area contributed by atoms with E-state index >= 15 is 0 Å². The first-order chi connectivity index (χ1) is 8.63. The van der Waals surface area contributed by atoms with E-state index in [1.165, 1.54) is 17.2 Å². The summed E-state index contributed by atoms with van der Waals surface area (Å²) in [7, 11) is 0. The Morgan fingerprint density at radius 3 is 3.22 bits per heavy atom. The molecule has 0 aliphatic carbocycles. The zero-order valence-corrected chi connectivity index (χ0v) is 9.47. The fourth-order valence-electron chi connectivity index (χ4n) is 1.71. The van der Waals surface area contributed by atoms with Gasteiger partial charge >= 0.3 is 0 Å². The minimum atomic E-state index is -0.831. The van der Waals surface area contributed by atoms with Crippen LogP contribution in [0.15, 0.2) is 12.3 Å². The van der Waals surface area contributed by atoms with Crippen molar-refractivity contribution >= 4 is 11.7 Å². The second-order valence-corrected chi connectivity index (χ2v) is 3.80. The Morgan fingerprint density at radius 2 is 2.50 bits per heavy atom. The molecule has 1 atom stereocenters. The number of nitrogen functional groups attached to an aromatic ring is 1. The van der Waals surface area contributed by atoms with Gasteiger partial charge in [-0.1, -0.05) is 0 Å². The quantitative estimate of drug-likeness (QED) is 0.766. The number of carbonyl (C=O) groups is 1. The summed E-state index contributed by atoms with van der Waals surface area (Å²) in [5.41, 5.74) is 5.17. The Labute approximate surface area is 103 Å². The molecule has 7 heteroatoms. The van der Waals surface area contributed by atoms with Crippen LogP contribution in [0.1, 0.15) is 10.4 Å². The number of hydrogen-bond acceptors (Lipinski definition) is 5. The zero-order valence-electron chi connectivity index (χ0n) is 9.47. The molecular formula is C11H11FN4O2. The van der Waals surface area contributed by atoms with E-state index in [1.54, 1.807) is 0 Å². The lowest BCUT2D eigenvalue weighted by Crippen LogP contribution is -2.45. The number of nitriles is 1. The monoisotopic (exact) mass is 250 g/mol. The molecule has 94 valence electrons. The Kier molecular flexibility index (Phi) is 3.39. The summed E-state index contributed by atoms with van der Waals surface area (Å²) in [5.74, 6) is -1.65. The molecule has 18 heavy (non-hydrogen) atoms. The van der Waals surface area contributed by atoms with E-state index in [-0.39, 0.29) is 24.5 Å². The molecule has 1 aromatic heterocycles. The molecule has 0 radical (unpaired) electrons. The molecule has 1 aromatic rings. The molecule has 0 spiro atoms. The number of carbonyl (C=O) groups excluding carboxylic acids is 1. The molecule has 1 saturated heterocycles. The van der Waals surface area contributed by atoms with Gasteiger partial charge in [-0.25, -0.2) is 9.37 Å². The van der Waals surface area contributed by atoms with Crippen molar-refractivity contribution in [3.05, 3.63) is 23.6 Å². The largest absolute Gasteiger partial charge is 0.381 e. The van der Waals surface area contributed by atoms with E-state index in [2.05, 4.69) is 4.98 Å². The van der Waals surface area contributed by atoms with Crippen molar-refractivity contribution in [1.82, 2.24) is 9.88 Å². The first-order valence-electron chi connectivity index (χ1n) is 5.34. The number of morpholine rings is 1. The van der Waals surface area contributed by atoms with Crippen molar-refractivity contribution in [2.45, 2.75) is 6.10 Å². The van der Waals surface area contributed by atoms with E-state index in [9.17, 15) is 9.18 Å². The number of aromatic nitrogens is 1. The number of nitrogens with two attached hydrogens (primary N) is 1. The van der Waals surface area contributed by atoms with E-state index < -0.39 is 17.8 Å². The highest BCUT2D eigenvalue weighted by Gasteiger charge is 2.27. The van der Waals surface area contributed by atoms with Crippen LogP contribution in [0.4, 0.5) is 10.2 Å². The highest BCUT2D eigenvalue weighted by Crippen LogP contribution is 2.16. The smallest absolute Gasteiger partial charge is 0.257 e. The molecule has 1 unspecified atom stereocenters. The van der Waals surface area contributed by atoms with Gasteiger partial charge in [-0.05, 0) is 6.07 Å². The second kappa shape index (κ2) is 4.98. The highest BCUT2D eigenvalue weighted by atomic mass is 19.1. The summed E-state index contributed by atoms with van der Waals surface area (Å²) in [6.45, 7) is 0.696. The van der Waals surface area contributed by atoms with E-state index in [1.807, 2.05) is 6.07 Å². The van der Waals surface area contributed by atoms with Crippen LogP contribution in [0.5, 0.6) is 0 Å². The van der Waals surface area contributed by atoms with Crippen LogP contribution in [0.2, 0.25) is 0 Å². The molecule has 0 saturated carbocycles. The molecule has 1 fully saturated rings. The normalized spacial score (nSPS) is 19.3. The maximum atomic E-state index is 13.7. The summed E-state index contributed by atoms with van der Waals surface area (Å²) in [6.07, 6.45) is 0.596. The van der Waals surface area contributed by atoms with E-state index in [0.717, 1.165) is 0 Å². The predicted octanol–water partition coefficient (Wildman–Crippen LogP) is 0.167. The topological polar surface area (TPSA) is 92.2 Å². The highest BCUT2D eigenvalue weighted by molar-refractivity contribution is 5.95. The van der Waals surface area contributed by atoms with Gasteiger partial charge in [0.15, 0.2) is 17.7 Å². The van der Waals surface area contributed by atoms with Gasteiger partial charge in [-0.3, -0.25) is 4.79 Å². The van der Waals surface area contributed by atoms with Gasteiger partial charge < -0.3 is 15.4 Å². The number of amides is 1. The Bertz CT molecular complexity index is 514. The third-order valence-electron chi connectivity index (χ3n) is 2.64. The Morgan fingerprint density at radius 1 is 1.72 bits per heavy atom. The van der Waals surface area contributed by atoms with Crippen molar-refractivity contribution in [3.8, 4) is 6.07 Å². The molecule has 6 nitrogen and oxygen atoms in total. The molecule has 1 amide bonds. The fourth-order valence-corrected chi connectivity index (χ4v) is 1.71. The van der Waals surface area contributed by atoms with Crippen LogP contribution < -0.4 is 5.73 Å². The maximum Gasteiger partial charge on any atom is 0.257 e. The molecule has 0 aromatic carbocycles. The van der Waals surface area contributed by atoms with Crippen LogP contribution in [0, 0.1) is 17.1 Å². The lowest BCUT2D eigenvalue weighted by Gasteiger charge is -2.29. The van der Waals surface area contributed by atoms with Gasteiger partial charge in [0.05, 0.1) is 24.8 Å². The third-order valence-corrected chi connectivity index (χ3v) is 2.64. The second-order valence-electron chi connectivity index (χ2n) is 3.80. The Hall–Kier alpha value is -2.20. The summed E-state index contributed by atoms with van der Waals surface area (Å²) >= 11 is 0. The van der Waals surface area contributed by atoms with Crippen molar-refractivity contribution in [2.24, 2.45) is 0 Å². The standard InChI is InChI=1S/C11H11FN4O2/c12-9-8(1-2-15-10(9)14)11(17)16-3-4-18-7(5-13)6-16/h1-2,7H,3-4,6H2,(H2,14,15). The summed E-state index contributed by atoms with van der Waals surface area (Å²) in [6, 6.07) is 3.19. The number of rotatable bonds is 1. The van der Waals surface area contributed by atoms with Crippen LogP contribution in [-0.4, -0.2) is 41.6 Å². The summed E-state index contributed by atoms with van der Waals surface area (Å²) in [4.78, 5) is 17.0. The minimum Gasteiger partial charge on any atom is -0.381 e. The van der Waals surface area contributed by atoms with Gasteiger partial charge in [0, 0.05) is 12.7 Å². The van der Waals surface area contributed by atoms with Gasteiger partial charge in [0.25, 0.3) is 5.91 Å². The first-order valence-corrected chi connectivity index (χ1v) is 5.34. The average molecular weight is 250 g/mol. The molecule has 0 bridgehead atoms. The fraction of sp³-hybridized carbons (Fsp3) is 0.364. The molecular weight excluding hydrogens is 239 g/mol. The van der Waals surface area contributed by atoms with Crippen LogP contribution in [-0.2, 0) is 4.74 Å². The SMILES string of the molecule is N#CC1CN(C(=O)c2ccnc(N)c2F)CCO1. The molecule has 1 aliphatic heterocycles. The number of pyridine rings is 1. The average Bonchev–Trinajstić information content (AvgIpc) is 2.41. The van der Waals surface area contributed by atoms with E-state index in [4.69, 9.17) is 15.7 Å². The van der Waals surface area contributed by atoms with Crippen LogP contribution in [0.3, 0.4) is 0 Å². The van der Waals surface area contributed by atoms with Gasteiger partial charge in [-0.15, -0.1) is 0 Å². The Balaban J connectivity index is 2.21. The number of ether oxygens (including phenoxy) is 1. The van der Waals surface area contributed by atoms with Crippen molar-refractivity contribution in [2.75, 3.05) is 25.4 Å². The van der Waals surface area contributed by atoms with Crippen molar-refractivity contribution in [1.29, 1.82) is 5.26 Å². The van der Waals surface area contributed by atoms with Crippen molar-refractivity contribution < 1.29 is 13.9 Å². The van der Waals surface area contributed by atoms with Gasteiger partial charge in [0.1, 0.15) is 0 Å². The number of anilines is 1. The van der Waals surface area contributed by atoms with Gasteiger partial charge in [-0.2, -0.15) is 5.26 Å². The summed E-state index contributed by atoms with van der Waals surface area (Å²) in [5, 5.41) is 8.74. The van der Waals surface area contributed by atoms with Crippen molar-refractivity contribution in [3.63, 3.8) is 0 Å². The van der Waals surface area contributed by atoms with Crippen LogP contribution >= 0.6 is 0 Å². The third kappa shape index (κ3) is 2.24. The summed E-state index contributed by atoms with van der Waals surface area (Å²) < 4.78 is 18.8. The minimum absolute atomic E-state index is 0.122. The molecule has 2 heterocycles. The lowest BCUT2D eigenvalue weighted by atomic mass is 10.2. The number of hydrogen-bond donors (Lipinski definition) is 1. The molecule has 1 aliphatic rings. The molecule has 2 rings (SSSR count). The van der Waals surface area contributed by atoms with Gasteiger partial charge in [0.2, 0.25) is 0 Å².